The van der Waals surface area contributed by atoms with Crippen LogP contribution in [-0.4, -0.2) is 25.4 Å². The summed E-state index contributed by atoms with van der Waals surface area (Å²) >= 11 is 0. The van der Waals surface area contributed by atoms with Gasteiger partial charge in [-0.25, -0.2) is 0 Å². The van der Waals surface area contributed by atoms with Gasteiger partial charge in [-0.3, -0.25) is 0 Å². The molecule has 1 N–H and O–H groups in total. The summed E-state index contributed by atoms with van der Waals surface area (Å²) < 4.78 is 5.48. The van der Waals surface area contributed by atoms with Crippen molar-refractivity contribution >= 4 is 0 Å². The molecular formula is C17H18O2. The normalized spacial score (nSPS) is 15.1. The van der Waals surface area contributed by atoms with Gasteiger partial charge in [0.25, 0.3) is 0 Å². The molecule has 98 valence electrons. The van der Waals surface area contributed by atoms with Gasteiger partial charge in [-0.2, -0.15) is 0 Å². The molecule has 2 heteroatoms. The molecule has 0 atom stereocenters. The summed E-state index contributed by atoms with van der Waals surface area (Å²) in [6.07, 6.45) is 0.689. The van der Waals surface area contributed by atoms with Crippen LogP contribution in [0.4, 0.5) is 0 Å². The fourth-order valence-electron chi connectivity index (χ4n) is 3.35. The van der Waals surface area contributed by atoms with Gasteiger partial charge in [0.15, 0.2) is 0 Å². The topological polar surface area (TPSA) is 29.5 Å². The number of ether oxygens (including phenoxy) is 1. The Morgan fingerprint density at radius 1 is 0.947 bits per heavy atom. The first-order valence-corrected chi connectivity index (χ1v) is 6.62. The number of aliphatic hydroxyl groups is 1. The molecule has 0 spiro atoms. The van der Waals surface area contributed by atoms with Gasteiger partial charge in [-0.05, 0) is 28.7 Å². The van der Waals surface area contributed by atoms with Crippen LogP contribution in [0, 0.1) is 0 Å². The first kappa shape index (κ1) is 12.4. The van der Waals surface area contributed by atoms with Crippen molar-refractivity contribution in [3.05, 3.63) is 59.7 Å². The lowest BCUT2D eigenvalue weighted by atomic mass is 9.76. The smallest absolute Gasteiger partial charge is 0.0601 e. The summed E-state index contributed by atoms with van der Waals surface area (Å²) in [5.41, 5.74) is 4.86. The van der Waals surface area contributed by atoms with Crippen LogP contribution in [0.2, 0.25) is 0 Å². The van der Waals surface area contributed by atoms with Crippen molar-refractivity contribution in [1.82, 2.24) is 0 Å². The van der Waals surface area contributed by atoms with Crippen LogP contribution in [0.15, 0.2) is 48.5 Å². The maximum atomic E-state index is 9.51. The number of hydrogen-bond acceptors (Lipinski definition) is 2. The molecule has 0 unspecified atom stereocenters. The Labute approximate surface area is 113 Å². The van der Waals surface area contributed by atoms with Crippen molar-refractivity contribution in [3.63, 3.8) is 0 Å². The Bertz CT molecular complexity index is 536. The van der Waals surface area contributed by atoms with E-state index in [0.717, 1.165) is 0 Å². The third-order valence-corrected chi connectivity index (χ3v) is 4.10. The van der Waals surface area contributed by atoms with Gasteiger partial charge in [-0.15, -0.1) is 0 Å². The molecule has 0 aliphatic heterocycles. The Balaban J connectivity index is 2.28. The summed E-state index contributed by atoms with van der Waals surface area (Å²) in [6.45, 7) is 0.758. The second-order valence-electron chi connectivity index (χ2n) is 5.08. The minimum Gasteiger partial charge on any atom is -0.396 e. The molecule has 0 aromatic heterocycles. The molecule has 3 rings (SSSR count). The van der Waals surface area contributed by atoms with Gasteiger partial charge in [0.2, 0.25) is 0 Å². The van der Waals surface area contributed by atoms with E-state index in [2.05, 4.69) is 48.5 Å². The van der Waals surface area contributed by atoms with E-state index in [4.69, 9.17) is 4.74 Å². The van der Waals surface area contributed by atoms with Gasteiger partial charge in [0, 0.05) is 19.1 Å². The van der Waals surface area contributed by atoms with Crippen molar-refractivity contribution in [2.75, 3.05) is 20.3 Å². The predicted octanol–water partition coefficient (Wildman–Crippen LogP) is 2.98. The van der Waals surface area contributed by atoms with E-state index in [1.165, 1.54) is 22.3 Å². The van der Waals surface area contributed by atoms with Gasteiger partial charge < -0.3 is 9.84 Å². The monoisotopic (exact) mass is 254 g/mol. The van der Waals surface area contributed by atoms with Crippen LogP contribution in [0.3, 0.4) is 0 Å². The van der Waals surface area contributed by atoms with Gasteiger partial charge in [-0.1, -0.05) is 48.5 Å². The fourth-order valence-corrected chi connectivity index (χ4v) is 3.35. The first-order valence-electron chi connectivity index (χ1n) is 6.62. The van der Waals surface area contributed by atoms with Crippen molar-refractivity contribution in [1.29, 1.82) is 0 Å². The zero-order valence-corrected chi connectivity index (χ0v) is 11.1. The third-order valence-electron chi connectivity index (χ3n) is 4.10. The number of aliphatic hydroxyl groups excluding tert-OH is 1. The molecule has 0 bridgehead atoms. The highest BCUT2D eigenvalue weighted by Gasteiger charge is 2.42. The number of methoxy groups -OCH3 is 1. The van der Waals surface area contributed by atoms with Crippen LogP contribution in [0.25, 0.3) is 11.1 Å². The lowest BCUT2D eigenvalue weighted by Crippen LogP contribution is -2.32. The van der Waals surface area contributed by atoms with E-state index in [1.807, 2.05) is 0 Å². The lowest BCUT2D eigenvalue weighted by molar-refractivity contribution is 0.130. The minimum atomic E-state index is -0.212. The van der Waals surface area contributed by atoms with Crippen molar-refractivity contribution in [3.8, 4) is 11.1 Å². The Morgan fingerprint density at radius 3 is 1.95 bits per heavy atom. The quantitative estimate of drug-likeness (QED) is 0.909. The van der Waals surface area contributed by atoms with E-state index in [1.54, 1.807) is 7.11 Å². The molecule has 0 saturated heterocycles. The maximum Gasteiger partial charge on any atom is 0.0601 e. The second-order valence-corrected chi connectivity index (χ2v) is 5.08. The Hall–Kier alpha value is -1.64. The predicted molar refractivity (Wildman–Crippen MR) is 76.2 cm³/mol. The molecule has 1 aliphatic carbocycles. The highest BCUT2D eigenvalue weighted by atomic mass is 16.5. The largest absolute Gasteiger partial charge is 0.396 e. The second kappa shape index (κ2) is 4.80. The van der Waals surface area contributed by atoms with Crippen LogP contribution in [0.1, 0.15) is 17.5 Å². The molecule has 0 amide bonds. The van der Waals surface area contributed by atoms with E-state index >= 15 is 0 Å². The Morgan fingerprint density at radius 2 is 1.47 bits per heavy atom. The summed E-state index contributed by atoms with van der Waals surface area (Å²) in [6, 6.07) is 16.9. The number of benzene rings is 2. The zero-order chi connectivity index (χ0) is 13.3. The SMILES string of the molecule is COCC1(CCO)c2ccccc2-c2ccccc21. The lowest BCUT2D eigenvalue weighted by Gasteiger charge is -2.30. The molecule has 2 nitrogen and oxygen atoms in total. The van der Waals surface area contributed by atoms with E-state index in [-0.39, 0.29) is 12.0 Å². The summed E-state index contributed by atoms with van der Waals surface area (Å²) in [7, 11) is 1.72. The molecule has 0 heterocycles. The molecular weight excluding hydrogens is 236 g/mol. The molecule has 19 heavy (non-hydrogen) atoms. The summed E-state index contributed by atoms with van der Waals surface area (Å²) in [4.78, 5) is 0. The van der Waals surface area contributed by atoms with Crippen LogP contribution >= 0.6 is 0 Å². The van der Waals surface area contributed by atoms with Crippen LogP contribution in [0.5, 0.6) is 0 Å². The highest BCUT2D eigenvalue weighted by molar-refractivity contribution is 5.81. The van der Waals surface area contributed by atoms with Crippen molar-refractivity contribution in [2.45, 2.75) is 11.8 Å². The zero-order valence-electron chi connectivity index (χ0n) is 11.1. The molecule has 2 aromatic carbocycles. The van der Waals surface area contributed by atoms with E-state index in [9.17, 15) is 5.11 Å². The number of rotatable bonds is 4. The standard InChI is InChI=1S/C17H18O2/c1-19-12-17(10-11-18)15-8-4-2-6-13(15)14-7-3-5-9-16(14)17/h2-9,18H,10-12H2,1H3. The van der Waals surface area contributed by atoms with E-state index in [0.29, 0.717) is 13.0 Å². The maximum absolute atomic E-state index is 9.51. The average Bonchev–Trinajstić information content (AvgIpc) is 2.72. The van der Waals surface area contributed by atoms with Gasteiger partial charge in [0.1, 0.15) is 0 Å². The van der Waals surface area contributed by atoms with Crippen molar-refractivity contribution in [2.24, 2.45) is 0 Å². The van der Waals surface area contributed by atoms with E-state index < -0.39 is 0 Å². The number of hydrogen-bond donors (Lipinski definition) is 1. The average molecular weight is 254 g/mol. The van der Waals surface area contributed by atoms with Crippen molar-refractivity contribution < 1.29 is 9.84 Å². The minimum absolute atomic E-state index is 0.159. The molecule has 0 fully saturated rings. The first-order chi connectivity index (χ1) is 9.33. The van der Waals surface area contributed by atoms with Gasteiger partial charge in [0.05, 0.1) is 6.61 Å². The van der Waals surface area contributed by atoms with Crippen LogP contribution in [-0.2, 0) is 10.2 Å². The highest BCUT2D eigenvalue weighted by Crippen LogP contribution is 2.50. The number of fused-ring (bicyclic) bond motifs is 3. The molecule has 0 saturated carbocycles. The fraction of sp³-hybridized carbons (Fsp3) is 0.294. The molecule has 0 radical (unpaired) electrons. The third kappa shape index (κ3) is 1.71. The molecule has 2 aromatic rings. The Kier molecular flexibility index (Phi) is 3.13. The van der Waals surface area contributed by atoms with Gasteiger partial charge >= 0.3 is 0 Å². The summed E-state index contributed by atoms with van der Waals surface area (Å²) in [5.74, 6) is 0. The summed E-state index contributed by atoms with van der Waals surface area (Å²) in [5, 5.41) is 9.51. The molecule has 1 aliphatic rings. The van der Waals surface area contributed by atoms with Crippen LogP contribution < -0.4 is 0 Å².